The Hall–Kier alpha value is -3.63. The largest absolute Gasteiger partial charge is 0.499 e. The van der Waals surface area contributed by atoms with E-state index in [9.17, 15) is 0 Å². The molecule has 4 heterocycles. The molecule has 5 heteroatoms. The van der Waals surface area contributed by atoms with Crippen LogP contribution in [0.15, 0.2) is 88.9 Å². The first kappa shape index (κ1) is 30.8. The van der Waals surface area contributed by atoms with Gasteiger partial charge in [0.15, 0.2) is 0 Å². The molecule has 0 N–H and O–H groups in total. The molecule has 219 valence electrons. The third kappa shape index (κ3) is 6.65. The molecule has 0 bridgehead atoms. The van der Waals surface area contributed by atoms with Crippen LogP contribution in [0.2, 0.25) is 0 Å². The first-order valence-electron chi connectivity index (χ1n) is 14.3. The Morgan fingerprint density at radius 2 is 1.63 bits per heavy atom. The van der Waals surface area contributed by atoms with Gasteiger partial charge >= 0.3 is 0 Å². The van der Waals surface area contributed by atoms with E-state index in [4.69, 9.17) is 4.42 Å². The molecular formula is C38H34IrN2OS-2. The molecule has 0 aliphatic heterocycles. The van der Waals surface area contributed by atoms with Crippen molar-refractivity contribution in [1.29, 1.82) is 0 Å². The predicted octanol–water partition coefficient (Wildman–Crippen LogP) is 10.7. The molecule has 43 heavy (non-hydrogen) atoms. The van der Waals surface area contributed by atoms with Gasteiger partial charge in [0.2, 0.25) is 0 Å². The van der Waals surface area contributed by atoms with Crippen LogP contribution in [0.3, 0.4) is 0 Å². The molecule has 0 aliphatic carbocycles. The van der Waals surface area contributed by atoms with Gasteiger partial charge in [-0.1, -0.05) is 74.0 Å². The molecule has 0 amide bonds. The van der Waals surface area contributed by atoms with Crippen LogP contribution in [0.5, 0.6) is 0 Å². The van der Waals surface area contributed by atoms with Gasteiger partial charge < -0.3 is 14.4 Å². The van der Waals surface area contributed by atoms with E-state index in [1.807, 2.05) is 24.5 Å². The fourth-order valence-electron chi connectivity index (χ4n) is 5.18. The Morgan fingerprint density at radius 3 is 2.37 bits per heavy atom. The summed E-state index contributed by atoms with van der Waals surface area (Å²) in [6.45, 7) is 13.0. The summed E-state index contributed by atoms with van der Waals surface area (Å²) in [5.41, 5.74) is 11.0. The fraction of sp³-hybridized carbons (Fsp3) is 0.211. The summed E-state index contributed by atoms with van der Waals surface area (Å²) < 4.78 is 7.59. The van der Waals surface area contributed by atoms with Crippen molar-refractivity contribution >= 4 is 43.4 Å². The smallest absolute Gasteiger partial charge is 0.138 e. The Bertz CT molecular complexity index is 2030. The number of pyridine rings is 2. The van der Waals surface area contributed by atoms with Gasteiger partial charge in [-0.05, 0) is 65.5 Å². The van der Waals surface area contributed by atoms with Crippen molar-refractivity contribution in [3.8, 4) is 22.5 Å². The Kier molecular flexibility index (Phi) is 8.99. The molecule has 3 aromatic carbocycles. The standard InChI is InChI=1S/C24H20NOS.C14H14N.Ir/c1-24(2,3)14-15-9-11-25-20(13-15)19-6-4-5-17-18-8-7-16-10-12-27-23(16)22(18)26-21(17)19;1-10-4-6-13(7-5-10)14-8-11(2)12(3)9-15-14;/h4-5,7-13H,14H2,1-3H3;4-6,8-9H,1-3H3;/q2*-1;. The van der Waals surface area contributed by atoms with Gasteiger partial charge in [-0.3, -0.25) is 0 Å². The van der Waals surface area contributed by atoms with Gasteiger partial charge in [0.05, 0.1) is 10.3 Å². The van der Waals surface area contributed by atoms with Gasteiger partial charge in [-0.2, -0.15) is 0 Å². The average molecular weight is 759 g/mol. The number of fused-ring (bicyclic) bond motifs is 5. The first-order valence-corrected chi connectivity index (χ1v) is 15.1. The van der Waals surface area contributed by atoms with Crippen LogP contribution in [0.25, 0.3) is 54.5 Å². The van der Waals surface area contributed by atoms with Gasteiger partial charge in [0, 0.05) is 37.9 Å². The van der Waals surface area contributed by atoms with Crippen molar-refractivity contribution in [1.82, 2.24) is 9.97 Å². The summed E-state index contributed by atoms with van der Waals surface area (Å²) in [4.78, 5) is 9.03. The molecule has 0 saturated heterocycles. The minimum Gasteiger partial charge on any atom is -0.499 e. The molecule has 0 spiro atoms. The summed E-state index contributed by atoms with van der Waals surface area (Å²) in [6.07, 6.45) is 4.82. The summed E-state index contributed by atoms with van der Waals surface area (Å²) in [7, 11) is 0. The number of aromatic nitrogens is 2. The second-order valence-electron chi connectivity index (χ2n) is 12.2. The average Bonchev–Trinajstić information content (AvgIpc) is 3.59. The topological polar surface area (TPSA) is 38.9 Å². The number of hydrogen-bond acceptors (Lipinski definition) is 4. The van der Waals surface area contributed by atoms with Crippen LogP contribution in [0, 0.1) is 38.3 Å². The van der Waals surface area contributed by atoms with Crippen LogP contribution in [0.4, 0.5) is 0 Å². The van der Waals surface area contributed by atoms with E-state index in [1.54, 1.807) is 11.3 Å². The summed E-state index contributed by atoms with van der Waals surface area (Å²) >= 11 is 1.72. The van der Waals surface area contributed by atoms with Crippen LogP contribution >= 0.6 is 11.3 Å². The third-order valence-corrected chi connectivity index (χ3v) is 8.38. The minimum absolute atomic E-state index is 0. The molecule has 0 atom stereocenters. The van der Waals surface area contributed by atoms with Crippen molar-refractivity contribution in [2.75, 3.05) is 0 Å². The van der Waals surface area contributed by atoms with Crippen LogP contribution in [0.1, 0.15) is 43.0 Å². The molecular weight excluding hydrogens is 725 g/mol. The number of hydrogen-bond donors (Lipinski definition) is 0. The van der Waals surface area contributed by atoms with E-state index in [0.29, 0.717) is 0 Å². The van der Waals surface area contributed by atoms with E-state index >= 15 is 0 Å². The zero-order valence-electron chi connectivity index (χ0n) is 25.3. The summed E-state index contributed by atoms with van der Waals surface area (Å²) in [5.74, 6) is 0. The van der Waals surface area contributed by atoms with E-state index < -0.39 is 0 Å². The number of rotatable bonds is 3. The van der Waals surface area contributed by atoms with Crippen molar-refractivity contribution in [2.45, 2.75) is 48.0 Å². The minimum atomic E-state index is 0. The van der Waals surface area contributed by atoms with E-state index in [-0.39, 0.29) is 25.5 Å². The van der Waals surface area contributed by atoms with E-state index in [1.165, 1.54) is 32.3 Å². The quantitative estimate of drug-likeness (QED) is 0.169. The van der Waals surface area contributed by atoms with E-state index in [0.717, 1.165) is 50.9 Å². The zero-order valence-corrected chi connectivity index (χ0v) is 28.5. The van der Waals surface area contributed by atoms with Gasteiger partial charge in [0.25, 0.3) is 0 Å². The molecule has 0 unspecified atom stereocenters. The Labute approximate surface area is 271 Å². The maximum absolute atomic E-state index is 6.39. The van der Waals surface area contributed by atoms with Gasteiger partial charge in [-0.15, -0.1) is 64.9 Å². The third-order valence-electron chi connectivity index (χ3n) is 7.45. The SMILES string of the molecule is CC(C)(C)Cc1ccnc(-c2[c-]ccc3c2oc2c3ccc3ccsc32)c1.Cc1c[c-]c(-c2cc(C)c(C)cn2)cc1.[Ir]. The fourth-order valence-corrected chi connectivity index (χ4v) is 6.06. The van der Waals surface area contributed by atoms with Crippen LogP contribution in [-0.4, -0.2) is 9.97 Å². The molecule has 0 fully saturated rings. The maximum atomic E-state index is 6.39. The van der Waals surface area contributed by atoms with Gasteiger partial charge in [0.1, 0.15) is 5.58 Å². The number of benzene rings is 3. The second kappa shape index (κ2) is 12.5. The second-order valence-corrected chi connectivity index (χ2v) is 13.1. The molecule has 0 saturated carbocycles. The molecule has 7 aromatic rings. The normalized spacial score (nSPS) is 11.4. The van der Waals surface area contributed by atoms with Crippen molar-refractivity contribution in [3.05, 3.63) is 119 Å². The Balaban J connectivity index is 0.000000197. The van der Waals surface area contributed by atoms with Crippen molar-refractivity contribution in [2.24, 2.45) is 5.41 Å². The zero-order chi connectivity index (χ0) is 29.4. The first-order chi connectivity index (χ1) is 20.2. The monoisotopic (exact) mass is 759 g/mol. The number of aryl methyl sites for hydroxylation is 3. The van der Waals surface area contributed by atoms with Crippen LogP contribution < -0.4 is 0 Å². The molecule has 3 nitrogen and oxygen atoms in total. The van der Waals surface area contributed by atoms with Crippen molar-refractivity contribution in [3.63, 3.8) is 0 Å². The number of thiophene rings is 1. The molecule has 1 radical (unpaired) electrons. The number of furan rings is 1. The van der Waals surface area contributed by atoms with Crippen molar-refractivity contribution < 1.29 is 24.5 Å². The predicted molar refractivity (Wildman–Crippen MR) is 177 cm³/mol. The summed E-state index contributed by atoms with van der Waals surface area (Å²) in [5, 5.41) is 5.61. The Morgan fingerprint density at radius 1 is 0.814 bits per heavy atom. The molecule has 4 aromatic heterocycles. The molecule has 0 aliphatic rings. The maximum Gasteiger partial charge on any atom is 0.138 e. The van der Waals surface area contributed by atoms with Gasteiger partial charge in [-0.25, -0.2) is 0 Å². The molecule has 7 rings (SSSR count). The number of nitrogens with zero attached hydrogens (tertiary/aromatic N) is 2. The van der Waals surface area contributed by atoms with E-state index in [2.05, 4.69) is 124 Å². The van der Waals surface area contributed by atoms with Crippen LogP contribution in [-0.2, 0) is 26.5 Å². The summed E-state index contributed by atoms with van der Waals surface area (Å²) in [6, 6.07) is 29.6.